The summed E-state index contributed by atoms with van der Waals surface area (Å²) < 4.78 is 31.5. The number of hydrogen-bond acceptors (Lipinski definition) is 4. The van der Waals surface area contributed by atoms with Gasteiger partial charge in [-0.3, -0.25) is 4.72 Å². The van der Waals surface area contributed by atoms with Crippen LogP contribution in [0.1, 0.15) is 44.5 Å². The number of esters is 1. The minimum atomic E-state index is -3.41. The smallest absolute Gasteiger partial charge is 0.338 e. The molecule has 1 aromatic carbocycles. The molecular formula is C15H23NO4S. The second kappa shape index (κ2) is 6.93. The van der Waals surface area contributed by atoms with Crippen molar-refractivity contribution in [2.75, 3.05) is 17.1 Å². The Morgan fingerprint density at radius 3 is 2.24 bits per heavy atom. The van der Waals surface area contributed by atoms with Crippen LogP contribution in [0.25, 0.3) is 0 Å². The monoisotopic (exact) mass is 313 g/mol. The lowest BCUT2D eigenvalue weighted by Gasteiger charge is -2.18. The first kappa shape index (κ1) is 17.5. The molecule has 118 valence electrons. The van der Waals surface area contributed by atoms with E-state index < -0.39 is 16.0 Å². The number of anilines is 1. The molecule has 21 heavy (non-hydrogen) atoms. The third-order valence-electron chi connectivity index (χ3n) is 2.45. The summed E-state index contributed by atoms with van der Waals surface area (Å²) >= 11 is 0. The van der Waals surface area contributed by atoms with Crippen molar-refractivity contribution in [3.8, 4) is 0 Å². The average Bonchev–Trinajstić information content (AvgIpc) is 2.33. The topological polar surface area (TPSA) is 72.5 Å². The van der Waals surface area contributed by atoms with Gasteiger partial charge in [-0.15, -0.1) is 0 Å². The zero-order chi connectivity index (χ0) is 16.1. The van der Waals surface area contributed by atoms with Crippen LogP contribution in [0.2, 0.25) is 0 Å². The summed E-state index contributed by atoms with van der Waals surface area (Å²) in [5.74, 6) is -0.374. The van der Waals surface area contributed by atoms with E-state index in [4.69, 9.17) is 4.74 Å². The van der Waals surface area contributed by atoms with Crippen molar-refractivity contribution in [1.82, 2.24) is 0 Å². The standard InChI is InChI=1S/C15H23NO4S/c1-5-10-20-14(17)12-6-8-13(9-7-12)16-21(18,19)11-15(2,3)4/h6-9,16H,5,10-11H2,1-4H3. The van der Waals surface area contributed by atoms with Crippen molar-refractivity contribution in [3.05, 3.63) is 29.8 Å². The van der Waals surface area contributed by atoms with Crippen LogP contribution in [-0.4, -0.2) is 26.7 Å². The molecule has 6 heteroatoms. The molecule has 0 spiro atoms. The van der Waals surface area contributed by atoms with Crippen molar-refractivity contribution in [1.29, 1.82) is 0 Å². The Morgan fingerprint density at radius 2 is 1.76 bits per heavy atom. The van der Waals surface area contributed by atoms with Gasteiger partial charge in [0.05, 0.1) is 17.9 Å². The second-order valence-corrected chi connectivity index (χ2v) is 7.86. The number of carbonyl (C=O) groups is 1. The van der Waals surface area contributed by atoms with Gasteiger partial charge in [0.25, 0.3) is 0 Å². The van der Waals surface area contributed by atoms with Crippen molar-refractivity contribution >= 4 is 21.7 Å². The van der Waals surface area contributed by atoms with E-state index in [9.17, 15) is 13.2 Å². The molecule has 0 amide bonds. The van der Waals surface area contributed by atoms with Crippen LogP contribution in [-0.2, 0) is 14.8 Å². The maximum absolute atomic E-state index is 12.0. The van der Waals surface area contributed by atoms with E-state index in [1.165, 1.54) is 0 Å². The number of nitrogens with one attached hydrogen (secondary N) is 1. The van der Waals surface area contributed by atoms with Gasteiger partial charge < -0.3 is 4.74 Å². The van der Waals surface area contributed by atoms with Crippen LogP contribution in [0.5, 0.6) is 0 Å². The first-order chi connectivity index (χ1) is 9.63. The minimum Gasteiger partial charge on any atom is -0.462 e. The van der Waals surface area contributed by atoms with Crippen LogP contribution in [0, 0.1) is 5.41 Å². The number of benzene rings is 1. The highest BCUT2D eigenvalue weighted by Gasteiger charge is 2.21. The largest absolute Gasteiger partial charge is 0.462 e. The van der Waals surface area contributed by atoms with E-state index in [0.717, 1.165) is 6.42 Å². The van der Waals surface area contributed by atoms with E-state index in [2.05, 4.69) is 4.72 Å². The molecule has 0 heterocycles. The number of carbonyl (C=O) groups excluding carboxylic acids is 1. The Morgan fingerprint density at radius 1 is 1.19 bits per heavy atom. The first-order valence-corrected chi connectivity index (χ1v) is 8.56. The molecule has 0 aliphatic carbocycles. The van der Waals surface area contributed by atoms with Crippen LogP contribution >= 0.6 is 0 Å². The molecule has 1 N–H and O–H groups in total. The maximum atomic E-state index is 12.0. The normalized spacial score (nSPS) is 12.0. The zero-order valence-electron chi connectivity index (χ0n) is 13.0. The van der Waals surface area contributed by atoms with Gasteiger partial charge in [-0.2, -0.15) is 0 Å². The second-order valence-electron chi connectivity index (χ2n) is 6.14. The molecule has 5 nitrogen and oxygen atoms in total. The molecule has 0 radical (unpaired) electrons. The summed E-state index contributed by atoms with van der Waals surface area (Å²) in [6, 6.07) is 6.21. The lowest BCUT2D eigenvalue weighted by molar-refractivity contribution is 0.0505. The number of ether oxygens (including phenoxy) is 1. The predicted molar refractivity (Wildman–Crippen MR) is 83.9 cm³/mol. The quantitative estimate of drug-likeness (QED) is 0.819. The van der Waals surface area contributed by atoms with Gasteiger partial charge in [0.1, 0.15) is 0 Å². The van der Waals surface area contributed by atoms with E-state index in [1.54, 1.807) is 24.3 Å². The van der Waals surface area contributed by atoms with Crippen LogP contribution in [0.4, 0.5) is 5.69 Å². The molecule has 0 atom stereocenters. The Kier molecular flexibility index (Phi) is 5.78. The van der Waals surface area contributed by atoms with Gasteiger partial charge >= 0.3 is 5.97 Å². The van der Waals surface area contributed by atoms with Crippen LogP contribution in [0.15, 0.2) is 24.3 Å². The highest BCUT2D eigenvalue weighted by atomic mass is 32.2. The molecule has 1 rings (SSSR count). The van der Waals surface area contributed by atoms with Crippen molar-refractivity contribution in [2.45, 2.75) is 34.1 Å². The molecule has 0 saturated heterocycles. The molecule has 0 bridgehead atoms. The highest BCUT2D eigenvalue weighted by molar-refractivity contribution is 7.92. The molecular weight excluding hydrogens is 290 g/mol. The van der Waals surface area contributed by atoms with Crippen molar-refractivity contribution in [2.24, 2.45) is 5.41 Å². The van der Waals surface area contributed by atoms with E-state index in [-0.39, 0.29) is 11.2 Å². The predicted octanol–water partition coefficient (Wildman–Crippen LogP) is 3.04. The fourth-order valence-corrected chi connectivity index (χ4v) is 3.45. The fraction of sp³-hybridized carbons (Fsp3) is 0.533. The fourth-order valence-electron chi connectivity index (χ4n) is 1.74. The SMILES string of the molecule is CCCOC(=O)c1ccc(NS(=O)(=O)CC(C)(C)C)cc1. The minimum absolute atomic E-state index is 0.0281. The van der Waals surface area contributed by atoms with E-state index in [0.29, 0.717) is 17.9 Å². The molecule has 0 aliphatic rings. The van der Waals surface area contributed by atoms with Crippen molar-refractivity contribution in [3.63, 3.8) is 0 Å². The van der Waals surface area contributed by atoms with Gasteiger partial charge in [0.15, 0.2) is 0 Å². The molecule has 0 saturated carbocycles. The van der Waals surface area contributed by atoms with Gasteiger partial charge in [0.2, 0.25) is 10.0 Å². The Bertz CT molecular complexity index is 571. The molecule has 0 aromatic heterocycles. The summed E-state index contributed by atoms with van der Waals surface area (Å²) in [6.07, 6.45) is 0.760. The molecule has 0 aliphatic heterocycles. The average molecular weight is 313 g/mol. The molecule has 1 aromatic rings. The number of sulfonamides is 1. The van der Waals surface area contributed by atoms with E-state index >= 15 is 0 Å². The summed E-state index contributed by atoms with van der Waals surface area (Å²) in [7, 11) is -3.41. The Balaban J connectivity index is 2.73. The van der Waals surface area contributed by atoms with Gasteiger partial charge in [-0.05, 0) is 36.1 Å². The third kappa shape index (κ3) is 6.62. The van der Waals surface area contributed by atoms with Crippen molar-refractivity contribution < 1.29 is 17.9 Å². The van der Waals surface area contributed by atoms with Gasteiger partial charge in [-0.1, -0.05) is 27.7 Å². The van der Waals surface area contributed by atoms with E-state index in [1.807, 2.05) is 27.7 Å². The summed E-state index contributed by atoms with van der Waals surface area (Å²) in [6.45, 7) is 7.87. The lowest BCUT2D eigenvalue weighted by Crippen LogP contribution is -2.26. The lowest BCUT2D eigenvalue weighted by atomic mass is 10.0. The first-order valence-electron chi connectivity index (χ1n) is 6.91. The molecule has 0 fully saturated rings. The maximum Gasteiger partial charge on any atom is 0.338 e. The molecule has 0 unspecified atom stereocenters. The highest BCUT2D eigenvalue weighted by Crippen LogP contribution is 2.19. The Hall–Kier alpha value is -1.56. The van der Waals surface area contributed by atoms with Crippen LogP contribution in [0.3, 0.4) is 0 Å². The number of rotatable bonds is 6. The van der Waals surface area contributed by atoms with Gasteiger partial charge in [-0.25, -0.2) is 13.2 Å². The Labute approximate surface area is 126 Å². The number of hydrogen-bond donors (Lipinski definition) is 1. The van der Waals surface area contributed by atoms with Crippen LogP contribution < -0.4 is 4.72 Å². The summed E-state index contributed by atoms with van der Waals surface area (Å²) in [4.78, 5) is 11.6. The van der Waals surface area contributed by atoms with Gasteiger partial charge in [0, 0.05) is 5.69 Å². The summed E-state index contributed by atoms with van der Waals surface area (Å²) in [5.41, 5.74) is 0.518. The zero-order valence-corrected chi connectivity index (χ0v) is 13.8. The summed E-state index contributed by atoms with van der Waals surface area (Å²) in [5, 5.41) is 0. The third-order valence-corrected chi connectivity index (χ3v) is 4.25.